The zero-order valence-electron chi connectivity index (χ0n) is 14.6. The number of benzene rings is 2. The smallest absolute Gasteiger partial charge is 0.345 e. The molecule has 1 aliphatic heterocycles. The summed E-state index contributed by atoms with van der Waals surface area (Å²) >= 11 is 5.83. The summed E-state index contributed by atoms with van der Waals surface area (Å²) in [5.74, 6) is -1.30. The van der Waals surface area contributed by atoms with E-state index in [0.29, 0.717) is 13.1 Å². The Labute approximate surface area is 160 Å². The first-order valence-corrected chi connectivity index (χ1v) is 8.75. The number of fused-ring (bicyclic) bond motifs is 1. The quantitative estimate of drug-likeness (QED) is 0.455. The molecule has 0 spiro atoms. The molecule has 0 saturated carbocycles. The minimum absolute atomic E-state index is 0.166. The number of carbonyl (C=O) groups is 2. The van der Waals surface area contributed by atoms with E-state index in [0.717, 1.165) is 24.1 Å². The second kappa shape index (κ2) is 7.75. The van der Waals surface area contributed by atoms with Crippen LogP contribution < -0.4 is 0 Å². The van der Waals surface area contributed by atoms with Gasteiger partial charge in [0, 0.05) is 24.2 Å². The average molecular weight is 389 g/mol. The van der Waals surface area contributed by atoms with Crippen molar-refractivity contribution in [2.75, 3.05) is 6.54 Å². The van der Waals surface area contributed by atoms with Crippen molar-refractivity contribution in [1.29, 1.82) is 0 Å². The van der Waals surface area contributed by atoms with Crippen LogP contribution >= 0.6 is 11.6 Å². The summed E-state index contributed by atoms with van der Waals surface area (Å²) in [6.07, 6.45) is -0.344. The van der Waals surface area contributed by atoms with Gasteiger partial charge in [0.05, 0.1) is 4.92 Å². The number of nitrogens with zero attached hydrogens (tertiary/aromatic N) is 2. The van der Waals surface area contributed by atoms with Gasteiger partial charge in [-0.05, 0) is 36.6 Å². The Morgan fingerprint density at radius 3 is 2.63 bits per heavy atom. The second-order valence-electron chi connectivity index (χ2n) is 6.24. The molecule has 1 aliphatic rings. The van der Waals surface area contributed by atoms with Crippen LogP contribution in [0.1, 0.15) is 28.4 Å². The van der Waals surface area contributed by atoms with Gasteiger partial charge in [-0.1, -0.05) is 35.9 Å². The number of hydrogen-bond donors (Lipinski definition) is 0. The molecular weight excluding hydrogens is 372 g/mol. The van der Waals surface area contributed by atoms with Crippen LogP contribution in [0.3, 0.4) is 0 Å². The summed E-state index contributed by atoms with van der Waals surface area (Å²) < 4.78 is 5.19. The highest BCUT2D eigenvalue weighted by Crippen LogP contribution is 2.24. The standard InChI is InChI=1S/C19H17ClN2O5/c1-12(18(23)21-9-8-13-4-2-3-5-14(13)11-21)27-19(24)16-10-15(20)6-7-17(16)22(25)26/h2-7,10,12H,8-9,11H2,1H3/t12-/m0/s1. The van der Waals surface area contributed by atoms with E-state index in [1.54, 1.807) is 4.90 Å². The van der Waals surface area contributed by atoms with Crippen LogP contribution in [0.15, 0.2) is 42.5 Å². The molecule has 0 bridgehead atoms. The summed E-state index contributed by atoms with van der Waals surface area (Å²) in [6, 6.07) is 11.5. The van der Waals surface area contributed by atoms with E-state index in [1.165, 1.54) is 18.6 Å². The number of ether oxygens (including phenoxy) is 1. The molecule has 1 heterocycles. The highest BCUT2D eigenvalue weighted by molar-refractivity contribution is 6.31. The molecule has 0 aromatic heterocycles. The Morgan fingerprint density at radius 1 is 1.22 bits per heavy atom. The first-order chi connectivity index (χ1) is 12.9. The van der Waals surface area contributed by atoms with E-state index in [2.05, 4.69) is 0 Å². The number of amides is 1. The lowest BCUT2D eigenvalue weighted by atomic mass is 9.99. The highest BCUT2D eigenvalue weighted by Gasteiger charge is 2.29. The number of esters is 1. The zero-order chi connectivity index (χ0) is 19.6. The van der Waals surface area contributed by atoms with Crippen molar-refractivity contribution < 1.29 is 19.2 Å². The maximum atomic E-state index is 12.6. The summed E-state index contributed by atoms with van der Waals surface area (Å²) in [4.78, 5) is 37.0. The lowest BCUT2D eigenvalue weighted by Crippen LogP contribution is -2.42. The maximum absolute atomic E-state index is 12.6. The Morgan fingerprint density at radius 2 is 1.93 bits per heavy atom. The van der Waals surface area contributed by atoms with Crippen LogP contribution in [0.5, 0.6) is 0 Å². The van der Waals surface area contributed by atoms with Gasteiger partial charge in [-0.15, -0.1) is 0 Å². The summed E-state index contributed by atoms with van der Waals surface area (Å²) in [5.41, 5.74) is 1.55. The highest BCUT2D eigenvalue weighted by atomic mass is 35.5. The maximum Gasteiger partial charge on any atom is 0.345 e. The normalized spacial score (nSPS) is 14.2. The number of halogens is 1. The van der Waals surface area contributed by atoms with E-state index in [-0.39, 0.29) is 16.5 Å². The van der Waals surface area contributed by atoms with Gasteiger partial charge in [0.25, 0.3) is 11.6 Å². The van der Waals surface area contributed by atoms with Gasteiger partial charge < -0.3 is 9.64 Å². The van der Waals surface area contributed by atoms with E-state index in [1.807, 2.05) is 24.3 Å². The average Bonchev–Trinajstić information content (AvgIpc) is 2.66. The van der Waals surface area contributed by atoms with Crippen molar-refractivity contribution in [3.05, 3.63) is 74.3 Å². The molecule has 2 aromatic rings. The summed E-state index contributed by atoms with van der Waals surface area (Å²) in [6.45, 7) is 2.42. The molecule has 27 heavy (non-hydrogen) atoms. The van der Waals surface area contributed by atoms with Crippen molar-refractivity contribution in [2.24, 2.45) is 0 Å². The van der Waals surface area contributed by atoms with Crippen LogP contribution in [0.2, 0.25) is 5.02 Å². The van der Waals surface area contributed by atoms with Gasteiger partial charge in [0.15, 0.2) is 6.10 Å². The van der Waals surface area contributed by atoms with Gasteiger partial charge in [-0.3, -0.25) is 14.9 Å². The third kappa shape index (κ3) is 4.09. The Balaban J connectivity index is 1.71. The van der Waals surface area contributed by atoms with Crippen LogP contribution in [-0.2, 0) is 22.5 Å². The fourth-order valence-electron chi connectivity index (χ4n) is 3.05. The molecule has 2 aromatic carbocycles. The largest absolute Gasteiger partial charge is 0.449 e. The number of rotatable bonds is 4. The van der Waals surface area contributed by atoms with Gasteiger partial charge in [-0.25, -0.2) is 4.79 Å². The number of hydrogen-bond acceptors (Lipinski definition) is 5. The molecule has 0 radical (unpaired) electrons. The van der Waals surface area contributed by atoms with E-state index >= 15 is 0 Å². The molecule has 3 rings (SSSR count). The SMILES string of the molecule is C[C@H](OC(=O)c1cc(Cl)ccc1[N+](=O)[O-])C(=O)N1CCc2ccccc2C1. The third-order valence-electron chi connectivity index (χ3n) is 4.45. The minimum Gasteiger partial charge on any atom is -0.449 e. The topological polar surface area (TPSA) is 89.7 Å². The lowest BCUT2D eigenvalue weighted by molar-refractivity contribution is -0.385. The Kier molecular flexibility index (Phi) is 5.41. The molecule has 0 fully saturated rings. The van der Waals surface area contributed by atoms with Crippen LogP contribution in [0, 0.1) is 10.1 Å². The van der Waals surface area contributed by atoms with Crippen LogP contribution in [0.4, 0.5) is 5.69 Å². The number of nitro groups is 1. The molecule has 1 atom stereocenters. The fourth-order valence-corrected chi connectivity index (χ4v) is 3.22. The Hall–Kier alpha value is -2.93. The van der Waals surface area contributed by atoms with Gasteiger partial charge in [0.1, 0.15) is 5.56 Å². The van der Waals surface area contributed by atoms with Crippen molar-refractivity contribution in [1.82, 2.24) is 4.90 Å². The molecule has 0 aliphatic carbocycles. The Bertz CT molecular complexity index is 915. The zero-order valence-corrected chi connectivity index (χ0v) is 15.3. The van der Waals surface area contributed by atoms with E-state index in [9.17, 15) is 19.7 Å². The first-order valence-electron chi connectivity index (χ1n) is 8.37. The molecular formula is C19H17ClN2O5. The van der Waals surface area contributed by atoms with Crippen molar-refractivity contribution in [2.45, 2.75) is 26.0 Å². The van der Waals surface area contributed by atoms with Crippen molar-refractivity contribution >= 4 is 29.2 Å². The number of carbonyl (C=O) groups excluding carboxylic acids is 2. The fraction of sp³-hybridized carbons (Fsp3) is 0.263. The summed E-state index contributed by atoms with van der Waals surface area (Å²) in [7, 11) is 0. The number of nitro benzene ring substituents is 1. The summed E-state index contributed by atoms with van der Waals surface area (Å²) in [5, 5.41) is 11.3. The third-order valence-corrected chi connectivity index (χ3v) is 4.68. The van der Waals surface area contributed by atoms with Crippen LogP contribution in [-0.4, -0.2) is 34.3 Å². The monoisotopic (exact) mass is 388 g/mol. The van der Waals surface area contributed by atoms with Crippen molar-refractivity contribution in [3.63, 3.8) is 0 Å². The first kappa shape index (κ1) is 18.8. The van der Waals surface area contributed by atoms with Gasteiger partial charge in [0.2, 0.25) is 0 Å². The molecule has 8 heteroatoms. The minimum atomic E-state index is -1.07. The predicted molar refractivity (Wildman–Crippen MR) is 98.5 cm³/mol. The molecule has 0 saturated heterocycles. The van der Waals surface area contributed by atoms with Crippen LogP contribution in [0.25, 0.3) is 0 Å². The van der Waals surface area contributed by atoms with Gasteiger partial charge in [-0.2, -0.15) is 0 Å². The molecule has 140 valence electrons. The van der Waals surface area contributed by atoms with E-state index < -0.39 is 22.7 Å². The molecule has 7 nitrogen and oxygen atoms in total. The van der Waals surface area contributed by atoms with Gasteiger partial charge >= 0.3 is 5.97 Å². The lowest BCUT2D eigenvalue weighted by Gasteiger charge is -2.30. The second-order valence-corrected chi connectivity index (χ2v) is 6.68. The molecule has 1 amide bonds. The van der Waals surface area contributed by atoms with E-state index in [4.69, 9.17) is 16.3 Å². The molecule has 0 N–H and O–H groups in total. The molecule has 0 unspecified atom stereocenters. The predicted octanol–water partition coefficient (Wildman–Crippen LogP) is 3.38. The van der Waals surface area contributed by atoms with Crippen molar-refractivity contribution in [3.8, 4) is 0 Å².